The van der Waals surface area contributed by atoms with E-state index in [1.165, 1.54) is 0 Å². The van der Waals surface area contributed by atoms with Crippen LogP contribution in [0, 0.1) is 0 Å². The summed E-state index contributed by atoms with van der Waals surface area (Å²) in [6.45, 7) is 3.76. The Morgan fingerprint density at radius 2 is 2.43 bits per heavy atom. The van der Waals surface area contributed by atoms with Crippen LogP contribution in [0.25, 0.3) is 0 Å². The van der Waals surface area contributed by atoms with E-state index in [1.54, 1.807) is 0 Å². The molecule has 5 nitrogen and oxygen atoms in total. The van der Waals surface area contributed by atoms with E-state index in [9.17, 15) is 9.59 Å². The number of esters is 1. The number of hydrazine groups is 1. The number of nitrogens with zero attached hydrogens (tertiary/aromatic N) is 1. The summed E-state index contributed by atoms with van der Waals surface area (Å²) in [4.78, 5) is 21.4. The van der Waals surface area contributed by atoms with Gasteiger partial charge in [-0.2, -0.15) is 0 Å². The largest absolute Gasteiger partial charge is 0.394 e. The highest BCUT2D eigenvalue weighted by Crippen LogP contribution is 2.15. The summed E-state index contributed by atoms with van der Waals surface area (Å²) < 4.78 is 4.36. The minimum atomic E-state index is -0.458. The van der Waals surface area contributed by atoms with Gasteiger partial charge in [-0.3, -0.25) is 10.2 Å². The summed E-state index contributed by atoms with van der Waals surface area (Å²) in [5, 5.41) is 1.86. The van der Waals surface area contributed by atoms with Crippen LogP contribution in [0.4, 0.5) is 0 Å². The molecule has 1 aliphatic heterocycles. The summed E-state index contributed by atoms with van der Waals surface area (Å²) in [6, 6.07) is -0.311. The molecule has 0 aromatic heterocycles. The number of hydrogen-bond donors (Lipinski definition) is 1. The van der Waals surface area contributed by atoms with Crippen molar-refractivity contribution in [2.24, 2.45) is 0 Å². The second kappa shape index (κ2) is 5.72. The van der Waals surface area contributed by atoms with Crippen molar-refractivity contribution >= 4 is 12.4 Å². The lowest BCUT2D eigenvalue weighted by Crippen LogP contribution is -2.52. The monoisotopic (exact) mass is 200 g/mol. The van der Waals surface area contributed by atoms with E-state index < -0.39 is 5.97 Å². The smallest absolute Gasteiger partial charge is 0.332 e. The Hall–Kier alpha value is -0.940. The Labute approximate surface area is 83.4 Å². The fourth-order valence-corrected chi connectivity index (χ4v) is 1.69. The molecule has 1 heterocycles. The van der Waals surface area contributed by atoms with Crippen LogP contribution in [-0.4, -0.2) is 36.6 Å². The number of carbonyl (C=O) groups excluding carboxylic acids is 2. The second-order valence-corrected chi connectivity index (χ2v) is 3.25. The van der Waals surface area contributed by atoms with Crippen molar-refractivity contribution in [1.82, 2.24) is 10.4 Å². The normalized spacial score (nSPS) is 23.1. The summed E-state index contributed by atoms with van der Waals surface area (Å²) >= 11 is 0. The number of piperidine rings is 1. The molecule has 1 fully saturated rings. The first-order chi connectivity index (χ1) is 6.79. The van der Waals surface area contributed by atoms with Crippen molar-refractivity contribution in [3.63, 3.8) is 0 Å². The number of rotatable bonds is 4. The van der Waals surface area contributed by atoms with E-state index in [-0.39, 0.29) is 12.5 Å². The maximum absolute atomic E-state index is 11.3. The van der Waals surface area contributed by atoms with Crippen molar-refractivity contribution in [2.75, 3.05) is 13.1 Å². The first-order valence-corrected chi connectivity index (χ1v) is 4.94. The third-order valence-corrected chi connectivity index (χ3v) is 2.30. The summed E-state index contributed by atoms with van der Waals surface area (Å²) in [6.07, 6.45) is 2.82. The molecule has 0 spiro atoms. The lowest BCUT2D eigenvalue weighted by Gasteiger charge is -2.33. The molecule has 1 N–H and O–H groups in total. The van der Waals surface area contributed by atoms with Crippen LogP contribution >= 0.6 is 0 Å². The highest BCUT2D eigenvalue weighted by molar-refractivity contribution is 5.81. The first-order valence-electron chi connectivity index (χ1n) is 4.94. The zero-order valence-electron chi connectivity index (χ0n) is 8.36. The first kappa shape index (κ1) is 11.1. The van der Waals surface area contributed by atoms with Crippen LogP contribution in [0.2, 0.25) is 0 Å². The Kier molecular flexibility index (Phi) is 4.55. The van der Waals surface area contributed by atoms with Crippen LogP contribution in [0.1, 0.15) is 26.2 Å². The van der Waals surface area contributed by atoms with Gasteiger partial charge < -0.3 is 4.74 Å². The maximum Gasteiger partial charge on any atom is 0.332 e. The minimum Gasteiger partial charge on any atom is -0.394 e. The molecule has 14 heavy (non-hydrogen) atoms. The average molecular weight is 200 g/mol. The molecule has 0 saturated carbocycles. The summed E-state index contributed by atoms with van der Waals surface area (Å²) in [5.41, 5.74) is 3.09. The van der Waals surface area contributed by atoms with Gasteiger partial charge in [0.05, 0.1) is 0 Å². The molecule has 0 aliphatic carbocycles. The van der Waals surface area contributed by atoms with Crippen molar-refractivity contribution in [3.05, 3.63) is 0 Å². The van der Waals surface area contributed by atoms with Crippen molar-refractivity contribution < 1.29 is 14.3 Å². The van der Waals surface area contributed by atoms with E-state index in [1.807, 2.05) is 11.9 Å². The SMILES string of the molecule is CCNN1CCCC[C@@H]1C(=O)OC=O. The lowest BCUT2D eigenvalue weighted by atomic mass is 10.0. The van der Waals surface area contributed by atoms with Gasteiger partial charge >= 0.3 is 12.4 Å². The van der Waals surface area contributed by atoms with E-state index in [0.29, 0.717) is 0 Å². The number of ether oxygens (including phenoxy) is 1. The highest BCUT2D eigenvalue weighted by atomic mass is 16.6. The van der Waals surface area contributed by atoms with Gasteiger partial charge in [-0.15, -0.1) is 0 Å². The number of hydrogen-bond acceptors (Lipinski definition) is 5. The van der Waals surface area contributed by atoms with E-state index in [4.69, 9.17) is 0 Å². The molecule has 1 rings (SSSR count). The Morgan fingerprint density at radius 1 is 1.64 bits per heavy atom. The van der Waals surface area contributed by atoms with Gasteiger partial charge in [0.25, 0.3) is 0 Å². The molecule has 0 aromatic rings. The predicted molar refractivity (Wildman–Crippen MR) is 50.2 cm³/mol. The van der Waals surface area contributed by atoms with E-state index >= 15 is 0 Å². The molecule has 80 valence electrons. The van der Waals surface area contributed by atoms with Gasteiger partial charge in [-0.25, -0.2) is 9.80 Å². The summed E-state index contributed by atoms with van der Waals surface area (Å²) in [7, 11) is 0. The zero-order valence-corrected chi connectivity index (χ0v) is 8.36. The van der Waals surface area contributed by atoms with Gasteiger partial charge in [-0.05, 0) is 19.3 Å². The quantitative estimate of drug-likeness (QED) is 0.395. The molecular formula is C9H16N2O3. The van der Waals surface area contributed by atoms with E-state index in [0.717, 1.165) is 32.4 Å². The number of nitrogens with one attached hydrogen (secondary N) is 1. The highest BCUT2D eigenvalue weighted by Gasteiger charge is 2.29. The second-order valence-electron chi connectivity index (χ2n) is 3.25. The molecule has 0 amide bonds. The third-order valence-electron chi connectivity index (χ3n) is 2.30. The summed E-state index contributed by atoms with van der Waals surface area (Å²) in [5.74, 6) is -0.458. The molecule has 0 unspecified atom stereocenters. The molecule has 5 heteroatoms. The molecule has 0 radical (unpaired) electrons. The third kappa shape index (κ3) is 2.78. The van der Waals surface area contributed by atoms with Gasteiger partial charge in [0.15, 0.2) is 0 Å². The van der Waals surface area contributed by atoms with Gasteiger partial charge in [-0.1, -0.05) is 6.92 Å². The molecule has 1 atom stereocenters. The van der Waals surface area contributed by atoms with Gasteiger partial charge in [0, 0.05) is 13.1 Å². The Balaban J connectivity index is 2.52. The van der Waals surface area contributed by atoms with Crippen molar-refractivity contribution in [2.45, 2.75) is 32.2 Å². The van der Waals surface area contributed by atoms with Gasteiger partial charge in [0.1, 0.15) is 6.04 Å². The predicted octanol–water partition coefficient (Wildman–Crippen LogP) is 0.0650. The maximum atomic E-state index is 11.3. The Bertz CT molecular complexity index is 206. The minimum absolute atomic E-state index is 0.196. The Morgan fingerprint density at radius 3 is 3.07 bits per heavy atom. The molecule has 1 saturated heterocycles. The molecule has 0 aromatic carbocycles. The standard InChI is InChI=1S/C9H16N2O3/c1-2-10-11-6-4-3-5-8(11)9(13)14-7-12/h7-8,10H,2-6H2,1H3/t8-/m1/s1. The molecule has 1 aliphatic rings. The van der Waals surface area contributed by atoms with E-state index in [2.05, 4.69) is 10.2 Å². The fraction of sp³-hybridized carbons (Fsp3) is 0.778. The van der Waals surface area contributed by atoms with Crippen LogP contribution in [0.15, 0.2) is 0 Å². The molecule has 0 bridgehead atoms. The van der Waals surface area contributed by atoms with Crippen LogP contribution in [-0.2, 0) is 14.3 Å². The van der Waals surface area contributed by atoms with Crippen LogP contribution in [0.5, 0.6) is 0 Å². The topological polar surface area (TPSA) is 58.6 Å². The van der Waals surface area contributed by atoms with Crippen molar-refractivity contribution in [3.8, 4) is 0 Å². The fourth-order valence-electron chi connectivity index (χ4n) is 1.69. The van der Waals surface area contributed by atoms with Crippen LogP contribution < -0.4 is 5.43 Å². The van der Waals surface area contributed by atoms with Gasteiger partial charge in [0.2, 0.25) is 0 Å². The molecular weight excluding hydrogens is 184 g/mol. The van der Waals surface area contributed by atoms with Crippen molar-refractivity contribution in [1.29, 1.82) is 0 Å². The zero-order chi connectivity index (χ0) is 10.4. The average Bonchev–Trinajstić information content (AvgIpc) is 2.19. The van der Waals surface area contributed by atoms with Crippen LogP contribution in [0.3, 0.4) is 0 Å². The lowest BCUT2D eigenvalue weighted by molar-refractivity contribution is -0.158. The number of carbonyl (C=O) groups is 2.